The van der Waals surface area contributed by atoms with Gasteiger partial charge >= 0.3 is 0 Å². The lowest BCUT2D eigenvalue weighted by atomic mass is 9.81. The highest BCUT2D eigenvalue weighted by Gasteiger charge is 2.26. The number of nitrogens with zero attached hydrogens (tertiary/aromatic N) is 1. The standard InChI is InChI=1S/C17H24N6O/c1-10-8-21-15-14(10)13(6-7-20-15)23-16(24)12-4-2-11(3-5-12)9-22-17(18)19/h6-8,11-12H,2-5,9H2,1H3,(H4,18,19,22)(H2,20,21,23,24)/t11-,12-. The molecule has 0 aromatic carbocycles. The molecule has 7 nitrogen and oxygen atoms in total. The number of fused-ring (bicyclic) bond motifs is 1. The summed E-state index contributed by atoms with van der Waals surface area (Å²) in [6.45, 7) is 2.72. The van der Waals surface area contributed by atoms with Crippen LogP contribution in [0.25, 0.3) is 11.0 Å². The van der Waals surface area contributed by atoms with Crippen molar-refractivity contribution in [1.82, 2.24) is 15.3 Å². The van der Waals surface area contributed by atoms with E-state index in [4.69, 9.17) is 11.1 Å². The summed E-state index contributed by atoms with van der Waals surface area (Å²) in [6, 6.07) is 1.85. The SMILES string of the molecule is Cc1c[nH]c2nccc(NC(=O)[C@H]3CC[C@H](CNC(=N)N)CC3)c12. The van der Waals surface area contributed by atoms with Crippen LogP contribution in [0.5, 0.6) is 0 Å². The Labute approximate surface area is 140 Å². The summed E-state index contributed by atoms with van der Waals surface area (Å²) in [7, 11) is 0. The number of aromatic amines is 1. The van der Waals surface area contributed by atoms with Crippen LogP contribution < -0.4 is 16.4 Å². The number of carbonyl (C=O) groups is 1. The van der Waals surface area contributed by atoms with Gasteiger partial charge in [-0.1, -0.05) is 0 Å². The van der Waals surface area contributed by atoms with E-state index in [1.54, 1.807) is 6.20 Å². The molecule has 1 amide bonds. The highest BCUT2D eigenvalue weighted by atomic mass is 16.1. The van der Waals surface area contributed by atoms with Crippen LogP contribution >= 0.6 is 0 Å². The topological polar surface area (TPSA) is 120 Å². The maximum absolute atomic E-state index is 12.6. The van der Waals surface area contributed by atoms with Crippen LogP contribution in [0.3, 0.4) is 0 Å². The number of anilines is 1. The van der Waals surface area contributed by atoms with Gasteiger partial charge in [0.05, 0.1) is 5.69 Å². The number of nitrogens with one attached hydrogen (secondary N) is 4. The van der Waals surface area contributed by atoms with E-state index in [0.29, 0.717) is 5.92 Å². The molecule has 1 fully saturated rings. The monoisotopic (exact) mass is 328 g/mol. The van der Waals surface area contributed by atoms with Crippen molar-refractivity contribution in [2.45, 2.75) is 32.6 Å². The van der Waals surface area contributed by atoms with Crippen LogP contribution in [-0.4, -0.2) is 28.4 Å². The van der Waals surface area contributed by atoms with E-state index in [-0.39, 0.29) is 17.8 Å². The highest BCUT2D eigenvalue weighted by Crippen LogP contribution is 2.31. The smallest absolute Gasteiger partial charge is 0.227 e. The van der Waals surface area contributed by atoms with Gasteiger partial charge in [-0.3, -0.25) is 10.2 Å². The van der Waals surface area contributed by atoms with Crippen molar-refractivity contribution in [3.63, 3.8) is 0 Å². The van der Waals surface area contributed by atoms with Crippen molar-refractivity contribution in [3.8, 4) is 0 Å². The molecule has 1 aliphatic rings. The van der Waals surface area contributed by atoms with Crippen molar-refractivity contribution in [1.29, 1.82) is 5.41 Å². The molecule has 128 valence electrons. The molecule has 2 heterocycles. The molecule has 3 rings (SSSR count). The number of hydrogen-bond acceptors (Lipinski definition) is 3. The third-order valence-corrected chi connectivity index (χ3v) is 4.83. The Bertz CT molecular complexity index is 745. The molecular weight excluding hydrogens is 304 g/mol. The fraction of sp³-hybridized carbons (Fsp3) is 0.471. The van der Waals surface area contributed by atoms with E-state index >= 15 is 0 Å². The molecule has 0 spiro atoms. The Hall–Kier alpha value is -2.57. The second-order valence-corrected chi connectivity index (χ2v) is 6.56. The van der Waals surface area contributed by atoms with E-state index in [1.165, 1.54) is 0 Å². The lowest BCUT2D eigenvalue weighted by Crippen LogP contribution is -2.36. The zero-order valence-electron chi connectivity index (χ0n) is 13.9. The molecule has 7 heteroatoms. The lowest BCUT2D eigenvalue weighted by molar-refractivity contribution is -0.121. The second kappa shape index (κ2) is 6.90. The Balaban J connectivity index is 1.60. The predicted molar refractivity (Wildman–Crippen MR) is 94.8 cm³/mol. The fourth-order valence-corrected chi connectivity index (χ4v) is 3.44. The van der Waals surface area contributed by atoms with Gasteiger partial charge in [0.25, 0.3) is 0 Å². The maximum atomic E-state index is 12.6. The van der Waals surface area contributed by atoms with Crippen molar-refractivity contribution in [2.24, 2.45) is 17.6 Å². The van der Waals surface area contributed by atoms with Gasteiger partial charge in [0.1, 0.15) is 5.65 Å². The Morgan fingerprint density at radius 3 is 2.88 bits per heavy atom. The minimum atomic E-state index is 0.0124. The van der Waals surface area contributed by atoms with Gasteiger partial charge in [-0.15, -0.1) is 0 Å². The quantitative estimate of drug-likeness (QED) is 0.436. The number of guanidine groups is 1. The van der Waals surface area contributed by atoms with E-state index in [0.717, 1.165) is 54.5 Å². The zero-order chi connectivity index (χ0) is 17.1. The zero-order valence-corrected chi connectivity index (χ0v) is 13.9. The number of hydrogen-bond donors (Lipinski definition) is 5. The molecule has 0 radical (unpaired) electrons. The first-order chi connectivity index (χ1) is 11.5. The minimum Gasteiger partial charge on any atom is -0.370 e. The van der Waals surface area contributed by atoms with Crippen LogP contribution in [0.4, 0.5) is 5.69 Å². The van der Waals surface area contributed by atoms with E-state index in [9.17, 15) is 4.79 Å². The molecule has 0 aliphatic heterocycles. The van der Waals surface area contributed by atoms with Crippen LogP contribution in [0.15, 0.2) is 18.5 Å². The first-order valence-electron chi connectivity index (χ1n) is 8.36. The molecule has 0 unspecified atom stereocenters. The van der Waals surface area contributed by atoms with Gasteiger partial charge in [0.2, 0.25) is 5.91 Å². The largest absolute Gasteiger partial charge is 0.370 e. The average Bonchev–Trinajstić information content (AvgIpc) is 2.96. The summed E-state index contributed by atoms with van der Waals surface area (Å²) in [5.74, 6) is 0.623. The number of aromatic nitrogens is 2. The van der Waals surface area contributed by atoms with Crippen LogP contribution in [0.2, 0.25) is 0 Å². The van der Waals surface area contributed by atoms with Gasteiger partial charge in [0.15, 0.2) is 5.96 Å². The number of nitrogens with two attached hydrogens (primary N) is 1. The molecule has 6 N–H and O–H groups in total. The van der Waals surface area contributed by atoms with Crippen molar-refractivity contribution < 1.29 is 4.79 Å². The van der Waals surface area contributed by atoms with Gasteiger partial charge in [-0.05, 0) is 50.2 Å². The molecule has 2 aromatic rings. The number of aryl methyl sites for hydroxylation is 1. The third kappa shape index (κ3) is 3.50. The normalized spacial score (nSPS) is 20.7. The molecule has 0 atom stereocenters. The molecule has 2 aromatic heterocycles. The summed E-state index contributed by atoms with van der Waals surface area (Å²) in [6.07, 6.45) is 7.31. The third-order valence-electron chi connectivity index (χ3n) is 4.83. The first-order valence-corrected chi connectivity index (χ1v) is 8.36. The van der Waals surface area contributed by atoms with Crippen molar-refractivity contribution in [2.75, 3.05) is 11.9 Å². The Morgan fingerprint density at radius 2 is 2.17 bits per heavy atom. The van der Waals surface area contributed by atoms with Crippen LogP contribution in [-0.2, 0) is 4.79 Å². The van der Waals surface area contributed by atoms with Crippen LogP contribution in [0, 0.1) is 24.2 Å². The van der Waals surface area contributed by atoms with Gasteiger partial charge < -0.3 is 21.4 Å². The second-order valence-electron chi connectivity index (χ2n) is 6.56. The van der Waals surface area contributed by atoms with E-state index in [2.05, 4.69) is 20.6 Å². The summed E-state index contributed by atoms with van der Waals surface area (Å²) < 4.78 is 0. The molecule has 1 saturated carbocycles. The summed E-state index contributed by atoms with van der Waals surface area (Å²) in [5.41, 5.74) is 8.02. The maximum Gasteiger partial charge on any atom is 0.227 e. The molecular formula is C17H24N6O. The Kier molecular flexibility index (Phi) is 4.69. The van der Waals surface area contributed by atoms with E-state index < -0.39 is 0 Å². The number of pyridine rings is 1. The average molecular weight is 328 g/mol. The fourth-order valence-electron chi connectivity index (χ4n) is 3.44. The minimum absolute atomic E-state index is 0.0124. The van der Waals surface area contributed by atoms with Gasteiger partial charge in [-0.25, -0.2) is 4.98 Å². The van der Waals surface area contributed by atoms with Gasteiger partial charge in [0, 0.05) is 30.2 Å². The summed E-state index contributed by atoms with van der Waals surface area (Å²) in [4.78, 5) is 20.0. The van der Waals surface area contributed by atoms with Crippen LogP contribution in [0.1, 0.15) is 31.2 Å². The number of amides is 1. The molecule has 1 aliphatic carbocycles. The summed E-state index contributed by atoms with van der Waals surface area (Å²) >= 11 is 0. The van der Waals surface area contributed by atoms with Crippen molar-refractivity contribution in [3.05, 3.63) is 24.0 Å². The molecule has 0 saturated heterocycles. The molecule has 0 bridgehead atoms. The first kappa shape index (κ1) is 16.3. The van der Waals surface area contributed by atoms with E-state index in [1.807, 2.05) is 19.2 Å². The van der Waals surface area contributed by atoms with Gasteiger partial charge in [-0.2, -0.15) is 0 Å². The predicted octanol–water partition coefficient (Wildman–Crippen LogP) is 2.10. The highest BCUT2D eigenvalue weighted by molar-refractivity contribution is 6.02. The lowest BCUT2D eigenvalue weighted by Gasteiger charge is -2.28. The number of H-pyrrole nitrogens is 1. The number of rotatable bonds is 4. The Morgan fingerprint density at radius 1 is 1.42 bits per heavy atom. The summed E-state index contributed by atoms with van der Waals surface area (Å²) in [5, 5.41) is 14.1. The van der Waals surface area contributed by atoms with Crippen molar-refractivity contribution >= 4 is 28.6 Å². The molecule has 24 heavy (non-hydrogen) atoms. The number of carbonyl (C=O) groups excluding carboxylic acids is 1.